The fraction of sp³-hybridized carbons (Fsp3) is 0.812. The molecule has 0 saturated carbocycles. The Morgan fingerprint density at radius 1 is 1.38 bits per heavy atom. The van der Waals surface area contributed by atoms with Crippen LogP contribution in [0.5, 0.6) is 0 Å². The van der Waals surface area contributed by atoms with E-state index in [0.29, 0.717) is 25.4 Å². The highest BCUT2D eigenvalue weighted by molar-refractivity contribution is 14.0. The fourth-order valence-corrected chi connectivity index (χ4v) is 2.44. The molecule has 0 spiro atoms. The first-order valence-corrected chi connectivity index (χ1v) is 8.51. The average molecular weight is 451 g/mol. The Bertz CT molecular complexity index is 512. The normalized spacial score (nSPS) is 21.0. The Labute approximate surface area is 161 Å². The van der Waals surface area contributed by atoms with Crippen LogP contribution in [0, 0.1) is 0 Å². The summed E-state index contributed by atoms with van der Waals surface area (Å²) in [4.78, 5) is 9.01. The Balaban J connectivity index is 0.00000288. The van der Waals surface area contributed by atoms with Crippen LogP contribution < -0.4 is 10.6 Å². The standard InChI is InChI=1S/C16H29N5O2.HI/c1-5-17-15(19-11-16(4)8-6-10-22-16)18-9-7-13-20-14(12(2)3)21-23-13;/h12H,5-11H2,1-4H3,(H2,17,18,19);1H. The summed E-state index contributed by atoms with van der Waals surface area (Å²) in [6.45, 7) is 11.3. The summed E-state index contributed by atoms with van der Waals surface area (Å²) in [6.07, 6.45) is 2.86. The molecule has 0 aromatic carbocycles. The number of ether oxygens (including phenoxy) is 1. The second-order valence-electron chi connectivity index (χ2n) is 6.47. The third-order valence-corrected chi connectivity index (χ3v) is 3.85. The molecular formula is C16H30IN5O2. The Kier molecular flexibility index (Phi) is 8.96. The Morgan fingerprint density at radius 2 is 2.17 bits per heavy atom. The van der Waals surface area contributed by atoms with Crippen LogP contribution in [0.2, 0.25) is 0 Å². The van der Waals surface area contributed by atoms with Crippen LogP contribution in [-0.4, -0.2) is 47.9 Å². The molecule has 0 radical (unpaired) electrons. The number of nitrogens with one attached hydrogen (secondary N) is 2. The number of guanidine groups is 1. The maximum atomic E-state index is 5.77. The highest BCUT2D eigenvalue weighted by Gasteiger charge is 2.29. The first-order valence-electron chi connectivity index (χ1n) is 8.51. The minimum absolute atomic E-state index is 0. The summed E-state index contributed by atoms with van der Waals surface area (Å²) >= 11 is 0. The third-order valence-electron chi connectivity index (χ3n) is 3.85. The molecule has 7 nitrogen and oxygen atoms in total. The van der Waals surface area contributed by atoms with Crippen molar-refractivity contribution in [3.63, 3.8) is 0 Å². The zero-order chi connectivity index (χ0) is 16.7. The summed E-state index contributed by atoms with van der Waals surface area (Å²) in [6, 6.07) is 0. The summed E-state index contributed by atoms with van der Waals surface area (Å²) < 4.78 is 11.0. The van der Waals surface area contributed by atoms with Crippen LogP contribution in [0.3, 0.4) is 0 Å². The van der Waals surface area contributed by atoms with Crippen LogP contribution >= 0.6 is 24.0 Å². The topological polar surface area (TPSA) is 84.6 Å². The molecule has 1 fully saturated rings. The van der Waals surface area contributed by atoms with Gasteiger partial charge in [-0.2, -0.15) is 4.98 Å². The van der Waals surface area contributed by atoms with E-state index in [4.69, 9.17) is 9.26 Å². The van der Waals surface area contributed by atoms with E-state index in [9.17, 15) is 0 Å². The summed E-state index contributed by atoms with van der Waals surface area (Å²) in [5.74, 6) is 2.49. The molecule has 8 heteroatoms. The molecule has 2 heterocycles. The van der Waals surface area contributed by atoms with E-state index in [-0.39, 0.29) is 35.5 Å². The van der Waals surface area contributed by atoms with E-state index in [1.165, 1.54) is 0 Å². The number of aliphatic imine (C=N–C) groups is 1. The number of halogens is 1. The van der Waals surface area contributed by atoms with Gasteiger partial charge in [-0.05, 0) is 26.7 Å². The quantitative estimate of drug-likeness (QED) is 0.377. The van der Waals surface area contributed by atoms with Crippen molar-refractivity contribution in [3.05, 3.63) is 11.7 Å². The van der Waals surface area contributed by atoms with Gasteiger partial charge in [0.25, 0.3) is 0 Å². The number of rotatable bonds is 7. The Morgan fingerprint density at radius 3 is 2.75 bits per heavy atom. The third kappa shape index (κ3) is 6.54. The summed E-state index contributed by atoms with van der Waals surface area (Å²) in [7, 11) is 0. The first kappa shape index (κ1) is 21.1. The molecule has 24 heavy (non-hydrogen) atoms. The number of aromatic nitrogens is 2. The van der Waals surface area contributed by atoms with Gasteiger partial charge in [0.15, 0.2) is 11.8 Å². The Hall–Kier alpha value is -0.900. The molecule has 0 aliphatic carbocycles. The van der Waals surface area contributed by atoms with Gasteiger partial charge in [-0.25, -0.2) is 0 Å². The SMILES string of the molecule is CCNC(=NCC1(C)CCCO1)NCCc1nc(C(C)C)no1.I. The molecule has 1 aromatic rings. The lowest BCUT2D eigenvalue weighted by Gasteiger charge is -2.21. The van der Waals surface area contributed by atoms with Crippen molar-refractivity contribution in [1.82, 2.24) is 20.8 Å². The summed E-state index contributed by atoms with van der Waals surface area (Å²) in [5, 5.41) is 10.5. The van der Waals surface area contributed by atoms with Crippen molar-refractivity contribution in [2.75, 3.05) is 26.2 Å². The van der Waals surface area contributed by atoms with Gasteiger partial charge < -0.3 is 19.9 Å². The highest BCUT2D eigenvalue weighted by atomic mass is 127. The highest BCUT2D eigenvalue weighted by Crippen LogP contribution is 2.24. The van der Waals surface area contributed by atoms with E-state index >= 15 is 0 Å². The van der Waals surface area contributed by atoms with E-state index in [1.807, 2.05) is 0 Å². The number of hydrogen-bond acceptors (Lipinski definition) is 5. The maximum absolute atomic E-state index is 5.77. The van der Waals surface area contributed by atoms with Gasteiger partial charge in [-0.3, -0.25) is 4.99 Å². The van der Waals surface area contributed by atoms with Crippen molar-refractivity contribution in [2.24, 2.45) is 4.99 Å². The van der Waals surface area contributed by atoms with Crippen LogP contribution in [0.15, 0.2) is 9.52 Å². The molecule has 1 atom stereocenters. The van der Waals surface area contributed by atoms with Gasteiger partial charge in [0.2, 0.25) is 5.89 Å². The van der Waals surface area contributed by atoms with Crippen molar-refractivity contribution < 1.29 is 9.26 Å². The largest absolute Gasteiger partial charge is 0.373 e. The molecule has 0 amide bonds. The predicted molar refractivity (Wildman–Crippen MR) is 105 cm³/mol. The van der Waals surface area contributed by atoms with Gasteiger partial charge in [-0.15, -0.1) is 24.0 Å². The molecular weight excluding hydrogens is 421 g/mol. The lowest BCUT2D eigenvalue weighted by molar-refractivity contribution is 0.0283. The minimum Gasteiger partial charge on any atom is -0.373 e. The van der Waals surface area contributed by atoms with Crippen LogP contribution in [0.1, 0.15) is 58.2 Å². The molecule has 2 rings (SSSR count). The molecule has 1 saturated heterocycles. The van der Waals surface area contributed by atoms with E-state index in [2.05, 4.69) is 53.5 Å². The van der Waals surface area contributed by atoms with Crippen molar-refractivity contribution in [3.8, 4) is 0 Å². The van der Waals surface area contributed by atoms with E-state index < -0.39 is 0 Å². The van der Waals surface area contributed by atoms with Gasteiger partial charge in [0.05, 0.1) is 12.1 Å². The molecule has 0 bridgehead atoms. The lowest BCUT2D eigenvalue weighted by Crippen LogP contribution is -2.40. The number of hydrogen-bond donors (Lipinski definition) is 2. The van der Waals surface area contributed by atoms with Gasteiger partial charge in [0.1, 0.15) is 0 Å². The second kappa shape index (κ2) is 10.2. The van der Waals surface area contributed by atoms with Gasteiger partial charge in [-0.1, -0.05) is 19.0 Å². The molecule has 138 valence electrons. The number of nitrogens with zero attached hydrogens (tertiary/aromatic N) is 3. The smallest absolute Gasteiger partial charge is 0.228 e. The van der Waals surface area contributed by atoms with E-state index in [0.717, 1.165) is 37.8 Å². The van der Waals surface area contributed by atoms with Crippen LogP contribution in [-0.2, 0) is 11.2 Å². The summed E-state index contributed by atoms with van der Waals surface area (Å²) in [5.41, 5.74) is -0.124. The van der Waals surface area contributed by atoms with Crippen molar-refractivity contribution in [1.29, 1.82) is 0 Å². The van der Waals surface area contributed by atoms with Gasteiger partial charge in [0, 0.05) is 32.0 Å². The molecule has 2 N–H and O–H groups in total. The lowest BCUT2D eigenvalue weighted by atomic mass is 10.0. The zero-order valence-electron chi connectivity index (χ0n) is 15.1. The molecule has 1 aliphatic heterocycles. The second-order valence-corrected chi connectivity index (χ2v) is 6.47. The van der Waals surface area contributed by atoms with Crippen LogP contribution in [0.25, 0.3) is 0 Å². The zero-order valence-corrected chi connectivity index (χ0v) is 17.4. The monoisotopic (exact) mass is 451 g/mol. The molecule has 1 aromatic heterocycles. The van der Waals surface area contributed by atoms with Gasteiger partial charge >= 0.3 is 0 Å². The van der Waals surface area contributed by atoms with E-state index in [1.54, 1.807) is 0 Å². The molecule has 1 unspecified atom stereocenters. The average Bonchev–Trinajstić information content (AvgIpc) is 3.15. The fourth-order valence-electron chi connectivity index (χ4n) is 2.44. The molecule has 1 aliphatic rings. The minimum atomic E-state index is -0.124. The maximum Gasteiger partial charge on any atom is 0.228 e. The first-order chi connectivity index (χ1) is 11.0. The van der Waals surface area contributed by atoms with Crippen LogP contribution in [0.4, 0.5) is 0 Å². The van der Waals surface area contributed by atoms with Crippen molar-refractivity contribution >= 4 is 29.9 Å². The van der Waals surface area contributed by atoms with Crippen molar-refractivity contribution in [2.45, 2.75) is 58.5 Å². The predicted octanol–water partition coefficient (Wildman–Crippen LogP) is 2.48.